The maximum atomic E-state index is 12.8. The van der Waals surface area contributed by atoms with E-state index in [2.05, 4.69) is 4.90 Å². The summed E-state index contributed by atoms with van der Waals surface area (Å²) in [7, 11) is 2.04. The summed E-state index contributed by atoms with van der Waals surface area (Å²) in [6.07, 6.45) is 0.888. The van der Waals surface area contributed by atoms with Crippen LogP contribution < -0.4 is 0 Å². The van der Waals surface area contributed by atoms with Crippen molar-refractivity contribution in [3.63, 3.8) is 0 Å². The van der Waals surface area contributed by atoms with Crippen LogP contribution in [0.5, 0.6) is 0 Å². The minimum atomic E-state index is -0.196. The van der Waals surface area contributed by atoms with Gasteiger partial charge in [0.05, 0.1) is 25.2 Å². The molecule has 1 aromatic rings. The third kappa shape index (κ3) is 3.28. The van der Waals surface area contributed by atoms with Gasteiger partial charge in [0.2, 0.25) is 0 Å². The van der Waals surface area contributed by atoms with Crippen molar-refractivity contribution in [3.8, 4) is 0 Å². The van der Waals surface area contributed by atoms with E-state index in [1.54, 1.807) is 0 Å². The largest absolute Gasteiger partial charge is 0.396 e. The molecule has 0 spiro atoms. The molecule has 1 heterocycles. The van der Waals surface area contributed by atoms with E-state index >= 15 is 0 Å². The lowest BCUT2D eigenvalue weighted by Gasteiger charge is -2.42. The molecule has 2 rings (SSSR count). The van der Waals surface area contributed by atoms with E-state index in [0.717, 1.165) is 25.1 Å². The lowest BCUT2D eigenvalue weighted by Crippen LogP contribution is -2.52. The maximum Gasteiger partial charge on any atom is 0.123 e. The Labute approximate surface area is 107 Å². The quantitative estimate of drug-likeness (QED) is 0.829. The normalized spacial score (nSPS) is 17.8. The van der Waals surface area contributed by atoms with Gasteiger partial charge in [-0.25, -0.2) is 4.39 Å². The minimum Gasteiger partial charge on any atom is -0.396 e. The molecule has 0 bridgehead atoms. The molecule has 0 atom stereocenters. The SMILES string of the molecule is CN(CCc1ccc(F)cc1)CC1(CO)COC1. The van der Waals surface area contributed by atoms with Crippen molar-refractivity contribution in [1.29, 1.82) is 0 Å². The number of nitrogens with zero attached hydrogens (tertiary/aromatic N) is 1. The summed E-state index contributed by atoms with van der Waals surface area (Å²) in [4.78, 5) is 2.20. The highest BCUT2D eigenvalue weighted by molar-refractivity contribution is 5.16. The second kappa shape index (κ2) is 5.78. The lowest BCUT2D eigenvalue weighted by molar-refractivity contribution is -0.146. The molecule has 1 aromatic carbocycles. The number of benzene rings is 1. The van der Waals surface area contributed by atoms with Gasteiger partial charge in [-0.3, -0.25) is 0 Å². The number of likely N-dealkylation sites (N-methyl/N-ethyl adjacent to an activating group) is 1. The van der Waals surface area contributed by atoms with E-state index in [-0.39, 0.29) is 17.8 Å². The summed E-state index contributed by atoms with van der Waals surface area (Å²) in [6.45, 7) is 3.20. The number of ether oxygens (including phenoxy) is 1. The molecule has 4 heteroatoms. The summed E-state index contributed by atoms with van der Waals surface area (Å²) in [5.41, 5.74) is 1.06. The van der Waals surface area contributed by atoms with Gasteiger partial charge in [0, 0.05) is 13.1 Å². The van der Waals surface area contributed by atoms with Crippen molar-refractivity contribution < 1.29 is 14.2 Å². The number of aliphatic hydroxyl groups excluding tert-OH is 1. The minimum absolute atomic E-state index is 0.0719. The van der Waals surface area contributed by atoms with Crippen LogP contribution in [0.15, 0.2) is 24.3 Å². The molecule has 1 saturated heterocycles. The van der Waals surface area contributed by atoms with Crippen molar-refractivity contribution in [2.45, 2.75) is 6.42 Å². The fraction of sp³-hybridized carbons (Fsp3) is 0.571. The Morgan fingerprint density at radius 2 is 2.00 bits per heavy atom. The predicted octanol–water partition coefficient (Wildman–Crippen LogP) is 1.31. The van der Waals surface area contributed by atoms with Gasteiger partial charge in [-0.2, -0.15) is 0 Å². The molecular formula is C14H20FNO2. The molecular weight excluding hydrogens is 233 g/mol. The highest BCUT2D eigenvalue weighted by Crippen LogP contribution is 2.27. The van der Waals surface area contributed by atoms with Gasteiger partial charge in [0.15, 0.2) is 0 Å². The standard InChI is InChI=1S/C14H20FNO2/c1-16(8-14(9-17)10-18-11-14)7-6-12-2-4-13(15)5-3-12/h2-5,17H,6-11H2,1H3. The zero-order chi connectivity index (χ0) is 13.0. The van der Waals surface area contributed by atoms with Crippen LogP contribution in [0.4, 0.5) is 4.39 Å². The van der Waals surface area contributed by atoms with Crippen molar-refractivity contribution in [2.75, 3.05) is 40.0 Å². The highest BCUT2D eigenvalue weighted by atomic mass is 19.1. The van der Waals surface area contributed by atoms with E-state index < -0.39 is 0 Å². The first-order valence-electron chi connectivity index (χ1n) is 6.25. The summed E-state index contributed by atoms with van der Waals surface area (Å²) >= 11 is 0. The first-order valence-corrected chi connectivity index (χ1v) is 6.25. The molecule has 0 aromatic heterocycles. The van der Waals surface area contributed by atoms with Crippen LogP contribution in [0.25, 0.3) is 0 Å². The molecule has 0 radical (unpaired) electrons. The predicted molar refractivity (Wildman–Crippen MR) is 67.9 cm³/mol. The Kier molecular flexibility index (Phi) is 4.32. The van der Waals surface area contributed by atoms with Crippen LogP contribution in [-0.4, -0.2) is 50.0 Å². The summed E-state index contributed by atoms with van der Waals surface area (Å²) in [6, 6.07) is 6.61. The third-order valence-electron chi connectivity index (χ3n) is 3.45. The van der Waals surface area contributed by atoms with E-state index in [0.29, 0.717) is 13.2 Å². The van der Waals surface area contributed by atoms with E-state index in [1.165, 1.54) is 12.1 Å². The molecule has 0 aliphatic carbocycles. The Morgan fingerprint density at radius 3 is 2.50 bits per heavy atom. The average Bonchev–Trinajstić information content (AvgIpc) is 2.33. The maximum absolute atomic E-state index is 12.8. The monoisotopic (exact) mass is 253 g/mol. The van der Waals surface area contributed by atoms with Crippen molar-refractivity contribution in [2.24, 2.45) is 5.41 Å². The molecule has 3 nitrogen and oxygen atoms in total. The zero-order valence-electron chi connectivity index (χ0n) is 10.7. The molecule has 0 saturated carbocycles. The van der Waals surface area contributed by atoms with Gasteiger partial charge in [0.1, 0.15) is 5.82 Å². The first-order chi connectivity index (χ1) is 8.63. The van der Waals surface area contributed by atoms with Crippen molar-refractivity contribution in [1.82, 2.24) is 4.90 Å². The number of hydrogen-bond donors (Lipinski definition) is 1. The fourth-order valence-electron chi connectivity index (χ4n) is 2.25. The van der Waals surface area contributed by atoms with E-state index in [1.807, 2.05) is 19.2 Å². The van der Waals surface area contributed by atoms with Crippen LogP contribution in [-0.2, 0) is 11.2 Å². The van der Waals surface area contributed by atoms with Crippen LogP contribution in [0.3, 0.4) is 0 Å². The topological polar surface area (TPSA) is 32.7 Å². The lowest BCUT2D eigenvalue weighted by atomic mass is 9.86. The molecule has 0 unspecified atom stereocenters. The van der Waals surface area contributed by atoms with Gasteiger partial charge in [-0.15, -0.1) is 0 Å². The second-order valence-corrected chi connectivity index (χ2v) is 5.27. The third-order valence-corrected chi connectivity index (χ3v) is 3.45. The van der Waals surface area contributed by atoms with Gasteiger partial charge in [0.25, 0.3) is 0 Å². The second-order valence-electron chi connectivity index (χ2n) is 5.27. The summed E-state index contributed by atoms with van der Waals surface area (Å²) < 4.78 is 17.9. The average molecular weight is 253 g/mol. The van der Waals surface area contributed by atoms with Crippen LogP contribution in [0, 0.1) is 11.2 Å². The Balaban J connectivity index is 1.77. The van der Waals surface area contributed by atoms with E-state index in [9.17, 15) is 9.50 Å². The number of aliphatic hydroxyl groups is 1. The Hall–Kier alpha value is -0.970. The van der Waals surface area contributed by atoms with Crippen LogP contribution >= 0.6 is 0 Å². The van der Waals surface area contributed by atoms with Gasteiger partial charge >= 0.3 is 0 Å². The molecule has 1 fully saturated rings. The number of hydrogen-bond acceptors (Lipinski definition) is 3. The molecule has 18 heavy (non-hydrogen) atoms. The number of rotatable bonds is 6. The van der Waals surface area contributed by atoms with Crippen LogP contribution in [0.2, 0.25) is 0 Å². The fourth-order valence-corrected chi connectivity index (χ4v) is 2.25. The Morgan fingerprint density at radius 1 is 1.33 bits per heavy atom. The molecule has 1 aliphatic heterocycles. The highest BCUT2D eigenvalue weighted by Gasteiger charge is 2.38. The first kappa shape index (κ1) is 13.5. The summed E-state index contributed by atoms with van der Waals surface area (Å²) in [5, 5.41) is 9.35. The van der Waals surface area contributed by atoms with Crippen molar-refractivity contribution in [3.05, 3.63) is 35.6 Å². The smallest absolute Gasteiger partial charge is 0.123 e. The molecule has 1 N–H and O–H groups in total. The summed E-state index contributed by atoms with van der Waals surface area (Å²) in [5.74, 6) is -0.196. The zero-order valence-corrected chi connectivity index (χ0v) is 10.7. The van der Waals surface area contributed by atoms with Crippen LogP contribution in [0.1, 0.15) is 5.56 Å². The van der Waals surface area contributed by atoms with Crippen molar-refractivity contribution >= 4 is 0 Å². The molecule has 1 aliphatic rings. The van der Waals surface area contributed by atoms with E-state index in [4.69, 9.17) is 4.74 Å². The van der Waals surface area contributed by atoms with Gasteiger partial charge < -0.3 is 14.7 Å². The number of halogens is 1. The Bertz CT molecular complexity index is 370. The van der Waals surface area contributed by atoms with Gasteiger partial charge in [-0.05, 0) is 31.2 Å². The molecule has 0 amide bonds. The van der Waals surface area contributed by atoms with Gasteiger partial charge in [-0.1, -0.05) is 12.1 Å². The molecule has 100 valence electrons.